The number of carboxylic acid groups (broad SMARTS) is 1. The summed E-state index contributed by atoms with van der Waals surface area (Å²) >= 11 is 1.63. The van der Waals surface area contributed by atoms with Crippen LogP contribution in [0.4, 0.5) is 0 Å². The van der Waals surface area contributed by atoms with Crippen molar-refractivity contribution in [2.24, 2.45) is 5.41 Å². The molecular formula is C16H24O3S. The van der Waals surface area contributed by atoms with E-state index in [9.17, 15) is 15.0 Å². The van der Waals surface area contributed by atoms with Gasteiger partial charge in [-0.2, -0.15) is 0 Å². The van der Waals surface area contributed by atoms with E-state index in [2.05, 4.69) is 6.07 Å². The monoisotopic (exact) mass is 296 g/mol. The molecule has 0 aromatic carbocycles. The normalized spacial score (nSPS) is 19.8. The van der Waals surface area contributed by atoms with E-state index in [1.807, 2.05) is 13.8 Å². The lowest BCUT2D eigenvalue weighted by atomic mass is 9.68. The van der Waals surface area contributed by atoms with Crippen LogP contribution in [0, 0.1) is 19.3 Å². The number of aryl methyl sites for hydroxylation is 2. The van der Waals surface area contributed by atoms with Crippen LogP contribution in [-0.2, 0) is 4.79 Å². The van der Waals surface area contributed by atoms with Gasteiger partial charge in [0, 0.05) is 9.75 Å². The van der Waals surface area contributed by atoms with Crippen molar-refractivity contribution in [1.82, 2.24) is 0 Å². The predicted molar refractivity (Wildman–Crippen MR) is 81.1 cm³/mol. The van der Waals surface area contributed by atoms with Crippen LogP contribution in [0.25, 0.3) is 0 Å². The highest BCUT2D eigenvalue weighted by molar-refractivity contribution is 7.12. The molecule has 0 radical (unpaired) electrons. The van der Waals surface area contributed by atoms with E-state index in [0.29, 0.717) is 6.42 Å². The number of carboxylic acids is 1. The van der Waals surface area contributed by atoms with Crippen molar-refractivity contribution < 1.29 is 15.0 Å². The van der Waals surface area contributed by atoms with Gasteiger partial charge in [-0.3, -0.25) is 4.79 Å². The van der Waals surface area contributed by atoms with Crippen LogP contribution in [-0.4, -0.2) is 16.2 Å². The van der Waals surface area contributed by atoms with Crippen LogP contribution < -0.4 is 0 Å². The number of hydrogen-bond donors (Lipinski definition) is 2. The van der Waals surface area contributed by atoms with Crippen LogP contribution >= 0.6 is 11.3 Å². The van der Waals surface area contributed by atoms with Gasteiger partial charge in [0.2, 0.25) is 0 Å². The van der Waals surface area contributed by atoms with Crippen molar-refractivity contribution >= 4 is 17.3 Å². The lowest BCUT2D eigenvalue weighted by Gasteiger charge is -2.37. The van der Waals surface area contributed by atoms with E-state index in [-0.39, 0.29) is 11.8 Å². The van der Waals surface area contributed by atoms with Crippen molar-refractivity contribution in [1.29, 1.82) is 0 Å². The Bertz CT molecular complexity index is 472. The molecule has 1 fully saturated rings. The van der Waals surface area contributed by atoms with E-state index >= 15 is 0 Å². The maximum Gasteiger partial charge on any atom is 0.303 e. The van der Waals surface area contributed by atoms with E-state index in [0.717, 1.165) is 36.1 Å². The molecule has 1 heterocycles. The number of rotatable bonds is 5. The molecule has 1 aliphatic rings. The number of aliphatic carboxylic acids is 1. The van der Waals surface area contributed by atoms with E-state index in [1.165, 1.54) is 11.3 Å². The molecule has 1 aromatic rings. The first kappa shape index (κ1) is 15.5. The summed E-state index contributed by atoms with van der Waals surface area (Å²) in [5.74, 6) is -0.738. The van der Waals surface area contributed by atoms with Crippen LogP contribution in [0.5, 0.6) is 0 Å². The van der Waals surface area contributed by atoms with E-state index in [4.69, 9.17) is 0 Å². The molecule has 2 N–H and O–H groups in total. The topological polar surface area (TPSA) is 57.5 Å². The Kier molecular flexibility index (Phi) is 4.86. The van der Waals surface area contributed by atoms with Gasteiger partial charge in [0.05, 0.1) is 12.5 Å². The summed E-state index contributed by atoms with van der Waals surface area (Å²) < 4.78 is 0. The maximum atomic E-state index is 11.2. The lowest BCUT2D eigenvalue weighted by molar-refractivity contribution is -0.141. The van der Waals surface area contributed by atoms with Crippen molar-refractivity contribution in [2.75, 3.05) is 0 Å². The Hall–Kier alpha value is -0.870. The minimum absolute atomic E-state index is 0.188. The van der Waals surface area contributed by atoms with E-state index < -0.39 is 12.1 Å². The average Bonchev–Trinajstić information content (AvgIpc) is 2.68. The number of thiophene rings is 1. The molecule has 0 saturated heterocycles. The minimum atomic E-state index is -0.738. The first-order valence-electron chi connectivity index (χ1n) is 7.39. The Morgan fingerprint density at radius 3 is 2.50 bits per heavy atom. The van der Waals surface area contributed by atoms with Gasteiger partial charge in [-0.25, -0.2) is 0 Å². The fourth-order valence-corrected chi connectivity index (χ4v) is 4.59. The van der Waals surface area contributed by atoms with Crippen molar-refractivity contribution in [3.8, 4) is 0 Å². The molecule has 3 nitrogen and oxygen atoms in total. The second kappa shape index (κ2) is 6.27. The first-order valence-corrected chi connectivity index (χ1v) is 8.20. The summed E-state index contributed by atoms with van der Waals surface area (Å²) in [6, 6.07) is 2.09. The van der Waals surface area contributed by atoms with Gasteiger partial charge in [-0.05, 0) is 50.2 Å². The third kappa shape index (κ3) is 3.61. The quantitative estimate of drug-likeness (QED) is 0.855. The van der Waals surface area contributed by atoms with Crippen LogP contribution in [0.15, 0.2) is 6.07 Å². The van der Waals surface area contributed by atoms with Gasteiger partial charge >= 0.3 is 5.97 Å². The molecule has 0 amide bonds. The molecule has 0 bridgehead atoms. The van der Waals surface area contributed by atoms with Gasteiger partial charge in [-0.15, -0.1) is 11.3 Å². The third-order valence-corrected chi connectivity index (χ3v) is 5.70. The van der Waals surface area contributed by atoms with Crippen molar-refractivity contribution in [2.45, 2.75) is 64.9 Å². The lowest BCUT2D eigenvalue weighted by Crippen LogP contribution is -2.29. The molecule has 1 unspecified atom stereocenters. The SMILES string of the molecule is Cc1cc(C)c(C(O)CC2(CC(=O)O)CCCCC2)s1. The fourth-order valence-electron chi connectivity index (χ4n) is 3.57. The summed E-state index contributed by atoms with van der Waals surface area (Å²) in [4.78, 5) is 13.4. The Labute approximate surface area is 124 Å². The summed E-state index contributed by atoms with van der Waals surface area (Å²) in [6.45, 7) is 4.06. The van der Waals surface area contributed by atoms with Crippen molar-refractivity contribution in [3.05, 3.63) is 21.4 Å². The molecule has 1 aliphatic carbocycles. The summed E-state index contributed by atoms with van der Waals surface area (Å²) in [5.41, 5.74) is 0.912. The zero-order chi connectivity index (χ0) is 14.8. The number of aliphatic hydroxyl groups excluding tert-OH is 1. The van der Waals surface area contributed by atoms with Crippen molar-refractivity contribution in [3.63, 3.8) is 0 Å². The molecule has 0 spiro atoms. The summed E-state index contributed by atoms with van der Waals surface area (Å²) in [5, 5.41) is 19.8. The molecule has 1 saturated carbocycles. The average molecular weight is 296 g/mol. The molecule has 2 rings (SSSR count). The molecule has 1 aromatic heterocycles. The maximum absolute atomic E-state index is 11.2. The number of hydrogen-bond acceptors (Lipinski definition) is 3. The highest BCUT2D eigenvalue weighted by Gasteiger charge is 2.37. The van der Waals surface area contributed by atoms with Gasteiger partial charge in [0.1, 0.15) is 0 Å². The zero-order valence-corrected chi connectivity index (χ0v) is 13.1. The summed E-state index contributed by atoms with van der Waals surface area (Å²) in [6.07, 6.45) is 5.47. The largest absolute Gasteiger partial charge is 0.481 e. The Morgan fingerprint density at radius 2 is 2.00 bits per heavy atom. The van der Waals surface area contributed by atoms with Crippen LogP contribution in [0.2, 0.25) is 0 Å². The standard InChI is InChI=1S/C16H24O3S/c1-11-8-12(2)20-15(11)13(17)9-16(10-14(18)19)6-4-3-5-7-16/h8,13,17H,3-7,9-10H2,1-2H3,(H,18,19). The molecule has 4 heteroatoms. The van der Waals surface area contributed by atoms with Gasteiger partial charge < -0.3 is 10.2 Å². The minimum Gasteiger partial charge on any atom is -0.481 e. The molecule has 0 aliphatic heterocycles. The zero-order valence-electron chi connectivity index (χ0n) is 12.3. The molecular weight excluding hydrogens is 272 g/mol. The number of aliphatic hydroxyl groups is 1. The van der Waals surface area contributed by atoms with Gasteiger partial charge in [0.15, 0.2) is 0 Å². The highest BCUT2D eigenvalue weighted by atomic mass is 32.1. The van der Waals surface area contributed by atoms with Gasteiger partial charge in [0.25, 0.3) is 0 Å². The Balaban J connectivity index is 2.14. The number of carbonyl (C=O) groups is 1. The van der Waals surface area contributed by atoms with E-state index in [1.54, 1.807) is 11.3 Å². The summed E-state index contributed by atoms with van der Waals surface area (Å²) in [7, 11) is 0. The second-order valence-corrected chi connectivity index (χ2v) is 7.54. The van der Waals surface area contributed by atoms with Crippen LogP contribution in [0.1, 0.15) is 66.4 Å². The third-order valence-electron chi connectivity index (χ3n) is 4.45. The molecule has 20 heavy (non-hydrogen) atoms. The first-order chi connectivity index (χ1) is 9.42. The smallest absolute Gasteiger partial charge is 0.303 e. The molecule has 112 valence electrons. The predicted octanol–water partition coefficient (Wildman–Crippen LogP) is 4.21. The van der Waals surface area contributed by atoms with Gasteiger partial charge in [-0.1, -0.05) is 19.3 Å². The Morgan fingerprint density at radius 1 is 1.35 bits per heavy atom. The van der Waals surface area contributed by atoms with Crippen LogP contribution in [0.3, 0.4) is 0 Å². The second-order valence-electron chi connectivity index (χ2n) is 6.26. The highest BCUT2D eigenvalue weighted by Crippen LogP contribution is 2.46. The fraction of sp³-hybridized carbons (Fsp3) is 0.688. The molecule has 1 atom stereocenters.